The van der Waals surface area contributed by atoms with Gasteiger partial charge >= 0.3 is 0 Å². The van der Waals surface area contributed by atoms with Crippen LogP contribution in [0.2, 0.25) is 0 Å². The van der Waals surface area contributed by atoms with Gasteiger partial charge in [-0.1, -0.05) is 97.5 Å². The fourth-order valence-corrected chi connectivity index (χ4v) is 10.0. The van der Waals surface area contributed by atoms with Crippen molar-refractivity contribution in [2.45, 2.75) is 113 Å². The molecule has 17 nitrogen and oxygen atoms in total. The third-order valence-electron chi connectivity index (χ3n) is 14.1. The number of anilines is 8. The van der Waals surface area contributed by atoms with E-state index in [1.165, 1.54) is 42.1 Å². The predicted octanol–water partition coefficient (Wildman–Crippen LogP) is 15.5. The van der Waals surface area contributed by atoms with Crippen molar-refractivity contribution in [1.29, 1.82) is 0 Å². The number of rotatable bonds is 16. The number of hydrogen-bond donors (Lipinski definition) is 6. The Bertz CT molecular complexity index is 3690. The first-order chi connectivity index (χ1) is 40.1. The smallest absolute Gasteiger partial charge is 0.255 e. The summed E-state index contributed by atoms with van der Waals surface area (Å²) in [6.45, 7) is 29.1. The van der Waals surface area contributed by atoms with Crippen LogP contribution < -0.4 is 40.2 Å². The van der Waals surface area contributed by atoms with E-state index in [-0.39, 0.29) is 22.6 Å². The van der Waals surface area contributed by atoms with Crippen LogP contribution in [0.3, 0.4) is 0 Å². The van der Waals surface area contributed by atoms with E-state index in [1.807, 2.05) is 114 Å². The van der Waals surface area contributed by atoms with Crippen LogP contribution in [-0.4, -0.2) is 92.5 Å². The summed E-state index contributed by atoms with van der Waals surface area (Å²) < 4.78 is 18.0. The average Bonchev–Trinajstić information content (AvgIpc) is 3.56. The fraction of sp³-hybridized carbons (Fsp3) is 0.354. The van der Waals surface area contributed by atoms with Crippen molar-refractivity contribution >= 4 is 109 Å². The van der Waals surface area contributed by atoms with Gasteiger partial charge in [0.1, 0.15) is 23.7 Å². The molecule has 0 bridgehead atoms. The van der Waals surface area contributed by atoms with Crippen LogP contribution in [0.4, 0.5) is 45.8 Å². The molecule has 0 unspecified atom stereocenters. The van der Waals surface area contributed by atoms with E-state index in [2.05, 4.69) is 134 Å². The van der Waals surface area contributed by atoms with Crippen LogP contribution in [0.25, 0.3) is 27.6 Å². The molecule has 5 heterocycles. The molecule has 0 aliphatic carbocycles. The van der Waals surface area contributed by atoms with Crippen molar-refractivity contribution in [3.05, 3.63) is 148 Å². The molecule has 4 aromatic carbocycles. The van der Waals surface area contributed by atoms with E-state index in [1.54, 1.807) is 20.3 Å². The maximum atomic E-state index is 13.7. The van der Waals surface area contributed by atoms with E-state index in [0.717, 1.165) is 86.9 Å². The van der Waals surface area contributed by atoms with Crippen molar-refractivity contribution in [3.8, 4) is 11.5 Å². The molecule has 6 N–H and O–H groups in total. The number of pyridine rings is 2. The molecule has 0 radical (unpaired) electrons. The van der Waals surface area contributed by atoms with Gasteiger partial charge in [-0.2, -0.15) is 0 Å². The zero-order chi connectivity index (χ0) is 61.0. The third-order valence-corrected chi connectivity index (χ3v) is 15.0. The minimum Gasteiger partial charge on any atom is -0.492 e. The lowest BCUT2D eigenvalue weighted by Crippen LogP contribution is -2.34. The molecular weight excluding hydrogens is 1090 g/mol. The van der Waals surface area contributed by atoms with Crippen molar-refractivity contribution in [2.75, 3.05) is 70.5 Å². The second-order valence-electron chi connectivity index (χ2n) is 22.4. The zero-order valence-corrected chi connectivity index (χ0v) is 53.2. The molecule has 0 spiro atoms. The highest BCUT2D eigenvalue weighted by Gasteiger charge is 2.25. The van der Waals surface area contributed by atoms with Crippen LogP contribution in [0.5, 0.6) is 11.5 Å². The van der Waals surface area contributed by atoms with Crippen LogP contribution in [0, 0.1) is 20.8 Å². The molecule has 8 aromatic rings. The first-order valence-corrected chi connectivity index (χ1v) is 30.6. The summed E-state index contributed by atoms with van der Waals surface area (Å²) in [7, 11) is 3.21. The molecule has 1 aliphatic heterocycles. The summed E-state index contributed by atoms with van der Waals surface area (Å²) in [6, 6.07) is 27.6. The van der Waals surface area contributed by atoms with Gasteiger partial charge in [0.25, 0.3) is 11.8 Å². The average molecular weight is 1170 g/mol. The molecule has 442 valence electrons. The van der Waals surface area contributed by atoms with Crippen molar-refractivity contribution in [3.63, 3.8) is 0 Å². The minimum atomic E-state index is -0.246. The van der Waals surface area contributed by atoms with Gasteiger partial charge in [-0.3, -0.25) is 14.5 Å². The van der Waals surface area contributed by atoms with E-state index >= 15 is 0 Å². The summed E-state index contributed by atoms with van der Waals surface area (Å²) in [4.78, 5) is 56.8. The first-order valence-electron chi connectivity index (χ1n) is 28.1. The Hall–Kier alpha value is -8.00. The number of hydrogen-bond acceptors (Lipinski definition) is 17. The molecule has 84 heavy (non-hydrogen) atoms. The molecule has 0 saturated heterocycles. The predicted molar refractivity (Wildman–Crippen MR) is 353 cm³/mol. The lowest BCUT2D eigenvalue weighted by molar-refractivity contribution is 0.101. The largest absolute Gasteiger partial charge is 0.492 e. The number of aromatic nitrogens is 6. The van der Waals surface area contributed by atoms with Crippen molar-refractivity contribution in [1.82, 2.24) is 34.8 Å². The van der Waals surface area contributed by atoms with Crippen LogP contribution in [0.15, 0.2) is 104 Å². The summed E-state index contributed by atoms with van der Waals surface area (Å²) in [5, 5.41) is 12.9. The Morgan fingerprint density at radius 3 is 1.45 bits per heavy atom. The number of nitrogens with one attached hydrogen (secondary N) is 6. The lowest BCUT2D eigenvalue weighted by atomic mass is 9.86. The van der Waals surface area contributed by atoms with Crippen molar-refractivity contribution < 1.29 is 19.1 Å². The number of ether oxygens (including phenoxy) is 2. The number of benzene rings is 4. The van der Waals surface area contributed by atoms with Gasteiger partial charge < -0.3 is 40.2 Å². The quantitative estimate of drug-likeness (QED) is 0.0498. The number of amides is 2. The van der Waals surface area contributed by atoms with Crippen molar-refractivity contribution in [2.24, 2.45) is 0 Å². The van der Waals surface area contributed by atoms with E-state index in [4.69, 9.17) is 14.5 Å². The molecule has 19 heteroatoms. The Kier molecular flexibility index (Phi) is 21.2. The lowest BCUT2D eigenvalue weighted by Gasteiger charge is -2.29. The van der Waals surface area contributed by atoms with Gasteiger partial charge in [0.15, 0.2) is 23.1 Å². The standard InChI is InChI=1S/C35H43N7O2S.C28H32N6O2S.C2H6/c1-21(2)42-15-13-23(14-16-42)26-11-12-27-31(38-26)33(37-20-36-27)39-28-17-24(10-9-22(28)3)34(43)40-29-18-25(35(4,5)6)19-30(41-45-8)32(29)44-7;1-16-8-10-18(12-21(16)32-26-24-20(29-15-30-26)11-9-17(2)31-24)27(35)33-22-13-19(28(3,4)5)14-23(34-37-7)25(22)36-6;1-2/h9-13,17-21,41H,14-16H2,1-8H3,(H,40,43)(H,36,37,39);8-15,34H,1-7H3,(H,33,35)(H,29,30,32);1-2H3. The highest BCUT2D eigenvalue weighted by Crippen LogP contribution is 2.42. The number of nitrogens with zero attached hydrogens (tertiary/aromatic N) is 7. The fourth-order valence-electron chi connectivity index (χ4n) is 9.29. The second-order valence-corrected chi connectivity index (χ2v) is 23.7. The Balaban J connectivity index is 0.000000238. The first kappa shape index (κ1) is 63.6. The number of carbonyl (C=O) groups is 2. The molecule has 0 atom stereocenters. The second kappa shape index (κ2) is 28.1. The summed E-state index contributed by atoms with van der Waals surface area (Å²) in [5.41, 5.74) is 15.1. The summed E-state index contributed by atoms with van der Waals surface area (Å²) >= 11 is 2.94. The van der Waals surface area contributed by atoms with Gasteiger partial charge in [0.2, 0.25) is 0 Å². The highest BCUT2D eigenvalue weighted by atomic mass is 32.2. The molecule has 0 saturated carbocycles. The van der Waals surface area contributed by atoms with Crippen LogP contribution in [0.1, 0.15) is 130 Å². The van der Waals surface area contributed by atoms with Gasteiger partial charge in [-0.15, -0.1) is 0 Å². The maximum absolute atomic E-state index is 13.7. The number of methoxy groups -OCH3 is 2. The number of aryl methyl sites for hydroxylation is 3. The topological polar surface area (TPSA) is 205 Å². The van der Waals surface area contributed by atoms with Gasteiger partial charge in [0, 0.05) is 59.8 Å². The van der Waals surface area contributed by atoms with E-state index in [0.29, 0.717) is 62.7 Å². The number of carbonyl (C=O) groups excluding carboxylic acids is 2. The third kappa shape index (κ3) is 15.4. The van der Waals surface area contributed by atoms with Crippen LogP contribution >= 0.6 is 23.9 Å². The maximum Gasteiger partial charge on any atom is 0.255 e. The Labute approximate surface area is 504 Å². The molecule has 0 fully saturated rings. The normalized spacial score (nSPS) is 12.5. The molecule has 2 amide bonds. The van der Waals surface area contributed by atoms with E-state index < -0.39 is 0 Å². The zero-order valence-electron chi connectivity index (χ0n) is 51.6. The molecule has 4 aromatic heterocycles. The minimum absolute atomic E-state index is 0.117. The van der Waals surface area contributed by atoms with Gasteiger partial charge in [-0.05, 0) is 152 Å². The summed E-state index contributed by atoms with van der Waals surface area (Å²) in [5.74, 6) is 1.84. The van der Waals surface area contributed by atoms with Gasteiger partial charge in [0.05, 0.1) is 53.7 Å². The van der Waals surface area contributed by atoms with E-state index in [9.17, 15) is 9.59 Å². The summed E-state index contributed by atoms with van der Waals surface area (Å²) in [6.07, 6.45) is 10.1. The monoisotopic (exact) mass is 1170 g/mol. The number of fused-ring (bicyclic) bond motifs is 2. The van der Waals surface area contributed by atoms with Gasteiger partial charge in [-0.25, -0.2) is 29.9 Å². The highest BCUT2D eigenvalue weighted by molar-refractivity contribution is 8.00. The SMILES string of the molecule is CC.COc1c(NSC)cc(C(C)(C)C)cc1NC(=O)c1ccc(C)c(Nc2ncnc3ccc(C)nc23)c1.COc1c(NSC)cc(C(C)(C)C)cc1NC(=O)c1ccc(C)c(Nc2ncnc3ccc(C4=CCN(C(C)C)CC4)nc23)c1. The van der Waals surface area contributed by atoms with Crippen LogP contribution in [-0.2, 0) is 10.8 Å². The Morgan fingerprint density at radius 1 is 0.583 bits per heavy atom. The Morgan fingerprint density at radius 2 is 1.04 bits per heavy atom. The molecular formula is C65H81N13O4S2. The molecule has 1 aliphatic rings. The molecule has 9 rings (SSSR count).